The zero-order valence-corrected chi connectivity index (χ0v) is 11.8. The first-order valence-corrected chi connectivity index (χ1v) is 7.16. The minimum absolute atomic E-state index is 0.0998. The number of carboxylic acid groups (broad SMARTS) is 2. The van der Waals surface area contributed by atoms with Gasteiger partial charge in [-0.15, -0.1) is 0 Å². The topological polar surface area (TPSA) is 121 Å². The second-order valence-corrected chi connectivity index (χ2v) is 6.07. The van der Waals surface area contributed by atoms with Crippen molar-refractivity contribution in [1.82, 2.24) is 4.72 Å². The van der Waals surface area contributed by atoms with Gasteiger partial charge in [0.2, 0.25) is 10.0 Å². The molecule has 0 bridgehead atoms. The molecule has 1 atom stereocenters. The highest BCUT2D eigenvalue weighted by atomic mass is 32.2. The van der Waals surface area contributed by atoms with Crippen molar-refractivity contribution >= 4 is 22.0 Å². The number of hydrogen-bond acceptors (Lipinski definition) is 4. The molecule has 3 N–H and O–H groups in total. The number of carboxylic acids is 2. The van der Waals surface area contributed by atoms with Crippen molar-refractivity contribution in [3.05, 3.63) is 29.3 Å². The van der Waals surface area contributed by atoms with Gasteiger partial charge < -0.3 is 10.2 Å². The minimum atomic E-state index is -4.08. The summed E-state index contributed by atoms with van der Waals surface area (Å²) in [5, 5.41) is 17.4. The van der Waals surface area contributed by atoms with Crippen molar-refractivity contribution in [3.8, 4) is 0 Å². The molecule has 0 saturated heterocycles. The van der Waals surface area contributed by atoms with Crippen LogP contribution in [-0.4, -0.2) is 36.6 Å². The molecule has 110 valence electrons. The summed E-state index contributed by atoms with van der Waals surface area (Å²) in [6, 6.07) is 2.62. The van der Waals surface area contributed by atoms with Crippen LogP contribution in [0.15, 0.2) is 23.1 Å². The highest BCUT2D eigenvalue weighted by Crippen LogP contribution is 2.15. The first kappa shape index (κ1) is 16.1. The fraction of sp³-hybridized carbons (Fsp3) is 0.333. The fourth-order valence-electron chi connectivity index (χ4n) is 1.49. The van der Waals surface area contributed by atoms with Crippen LogP contribution in [-0.2, 0) is 19.6 Å². The Labute approximate surface area is 116 Å². The zero-order chi connectivity index (χ0) is 15.5. The summed E-state index contributed by atoms with van der Waals surface area (Å²) >= 11 is 0. The van der Waals surface area contributed by atoms with Gasteiger partial charge in [0.15, 0.2) is 0 Å². The maximum Gasteiger partial charge on any atom is 0.322 e. The highest BCUT2D eigenvalue weighted by Gasteiger charge is 2.27. The average Bonchev–Trinajstić information content (AvgIpc) is 2.30. The first-order valence-electron chi connectivity index (χ1n) is 5.67. The number of sulfonamides is 1. The number of nitrogens with one attached hydrogen (secondary N) is 1. The van der Waals surface area contributed by atoms with Gasteiger partial charge in [0.1, 0.15) is 6.04 Å². The summed E-state index contributed by atoms with van der Waals surface area (Å²) in [7, 11) is -4.08. The minimum Gasteiger partial charge on any atom is -0.481 e. The van der Waals surface area contributed by atoms with Crippen molar-refractivity contribution in [1.29, 1.82) is 0 Å². The Balaban J connectivity index is 3.06. The van der Waals surface area contributed by atoms with E-state index in [0.29, 0.717) is 0 Å². The summed E-state index contributed by atoms with van der Waals surface area (Å²) in [5.41, 5.74) is 1.63. The van der Waals surface area contributed by atoms with Gasteiger partial charge in [0.25, 0.3) is 0 Å². The van der Waals surface area contributed by atoms with Crippen LogP contribution in [0.2, 0.25) is 0 Å². The van der Waals surface area contributed by atoms with Crippen molar-refractivity contribution < 1.29 is 28.2 Å². The van der Waals surface area contributed by atoms with E-state index < -0.39 is 34.4 Å². The van der Waals surface area contributed by atoms with E-state index in [0.717, 1.165) is 11.1 Å². The van der Waals surface area contributed by atoms with E-state index in [1.165, 1.54) is 12.1 Å². The van der Waals surface area contributed by atoms with E-state index >= 15 is 0 Å². The molecule has 1 rings (SSSR count). The number of aryl methyl sites for hydroxylation is 2. The molecule has 0 aromatic heterocycles. The average molecular weight is 301 g/mol. The van der Waals surface area contributed by atoms with E-state index in [4.69, 9.17) is 10.2 Å². The monoisotopic (exact) mass is 301 g/mol. The normalized spacial score (nSPS) is 12.9. The lowest BCUT2D eigenvalue weighted by Crippen LogP contribution is -2.42. The molecule has 0 aliphatic heterocycles. The van der Waals surface area contributed by atoms with E-state index in [9.17, 15) is 18.0 Å². The Morgan fingerprint density at radius 2 is 1.80 bits per heavy atom. The van der Waals surface area contributed by atoms with E-state index in [1.54, 1.807) is 13.0 Å². The Hall–Kier alpha value is -1.93. The molecule has 20 heavy (non-hydrogen) atoms. The van der Waals surface area contributed by atoms with E-state index in [2.05, 4.69) is 0 Å². The quantitative estimate of drug-likeness (QED) is 0.704. The lowest BCUT2D eigenvalue weighted by atomic mass is 10.1. The van der Waals surface area contributed by atoms with Crippen molar-refractivity contribution in [3.63, 3.8) is 0 Å². The molecule has 0 fully saturated rings. The fourth-order valence-corrected chi connectivity index (χ4v) is 2.76. The molecule has 0 spiro atoms. The predicted octanol–water partition coefficient (Wildman–Crippen LogP) is 0.510. The van der Waals surface area contributed by atoms with E-state index in [-0.39, 0.29) is 4.90 Å². The Bertz CT molecular complexity index is 637. The summed E-state index contributed by atoms with van der Waals surface area (Å²) in [6.45, 7) is 3.53. The molecule has 0 aliphatic rings. The molecule has 1 aromatic carbocycles. The van der Waals surface area contributed by atoms with Crippen LogP contribution in [0, 0.1) is 13.8 Å². The van der Waals surface area contributed by atoms with Crippen LogP contribution < -0.4 is 4.72 Å². The molecular weight excluding hydrogens is 286 g/mol. The van der Waals surface area contributed by atoms with Gasteiger partial charge in [0, 0.05) is 0 Å². The van der Waals surface area contributed by atoms with Crippen molar-refractivity contribution in [2.24, 2.45) is 0 Å². The summed E-state index contributed by atoms with van der Waals surface area (Å²) in [4.78, 5) is 21.3. The largest absolute Gasteiger partial charge is 0.481 e. The predicted molar refractivity (Wildman–Crippen MR) is 69.9 cm³/mol. The standard InChI is InChI=1S/C12H15NO6S/c1-7-3-4-9(5-8(7)2)20(18,19)13-10(12(16)17)6-11(14)15/h3-5,10,13H,6H2,1-2H3,(H,14,15)(H,16,17)/t10-/m0/s1. The van der Waals surface area contributed by atoms with Gasteiger partial charge in [-0.25, -0.2) is 8.42 Å². The Morgan fingerprint density at radius 1 is 1.20 bits per heavy atom. The maximum atomic E-state index is 12.0. The van der Waals surface area contributed by atoms with Gasteiger partial charge in [-0.2, -0.15) is 4.72 Å². The molecule has 0 unspecified atom stereocenters. The Morgan fingerprint density at radius 3 is 2.25 bits per heavy atom. The third-order valence-electron chi connectivity index (χ3n) is 2.76. The first-order chi connectivity index (χ1) is 9.13. The van der Waals surface area contributed by atoms with E-state index in [1.807, 2.05) is 11.6 Å². The van der Waals surface area contributed by atoms with Crippen LogP contribution in [0.25, 0.3) is 0 Å². The lowest BCUT2D eigenvalue weighted by Gasteiger charge is -2.13. The van der Waals surface area contributed by atoms with Crippen molar-refractivity contribution in [2.45, 2.75) is 31.2 Å². The van der Waals surface area contributed by atoms with Gasteiger partial charge in [0.05, 0.1) is 11.3 Å². The molecule has 0 amide bonds. The summed E-state index contributed by atoms with van der Waals surface area (Å²) in [5.74, 6) is -2.94. The lowest BCUT2D eigenvalue weighted by molar-refractivity contribution is -0.145. The van der Waals surface area contributed by atoms with Crippen LogP contribution in [0.1, 0.15) is 17.5 Å². The van der Waals surface area contributed by atoms with Crippen LogP contribution in [0.4, 0.5) is 0 Å². The molecule has 0 aliphatic carbocycles. The van der Waals surface area contributed by atoms with Crippen molar-refractivity contribution in [2.75, 3.05) is 0 Å². The second-order valence-electron chi connectivity index (χ2n) is 4.36. The summed E-state index contributed by atoms with van der Waals surface area (Å²) < 4.78 is 25.9. The van der Waals surface area contributed by atoms with Crippen LogP contribution >= 0.6 is 0 Å². The number of carbonyl (C=O) groups is 2. The molecule has 1 aromatic rings. The van der Waals surface area contributed by atoms with Gasteiger partial charge in [-0.1, -0.05) is 6.07 Å². The molecule has 0 saturated carbocycles. The highest BCUT2D eigenvalue weighted by molar-refractivity contribution is 7.89. The third kappa shape index (κ3) is 4.04. The molecular formula is C12H15NO6S. The SMILES string of the molecule is Cc1ccc(S(=O)(=O)N[C@@H](CC(=O)O)C(=O)O)cc1C. The smallest absolute Gasteiger partial charge is 0.322 e. The molecule has 7 nitrogen and oxygen atoms in total. The van der Waals surface area contributed by atoms with Gasteiger partial charge >= 0.3 is 11.9 Å². The number of rotatable bonds is 6. The number of benzene rings is 1. The van der Waals surface area contributed by atoms with Crippen LogP contribution in [0.5, 0.6) is 0 Å². The third-order valence-corrected chi connectivity index (χ3v) is 4.23. The number of aliphatic carboxylic acids is 2. The zero-order valence-electron chi connectivity index (χ0n) is 11.0. The van der Waals surface area contributed by atoms with Gasteiger partial charge in [-0.05, 0) is 37.1 Å². The van der Waals surface area contributed by atoms with Gasteiger partial charge in [-0.3, -0.25) is 9.59 Å². The molecule has 0 radical (unpaired) electrons. The van der Waals surface area contributed by atoms with Crippen LogP contribution in [0.3, 0.4) is 0 Å². The number of hydrogen-bond donors (Lipinski definition) is 3. The molecule has 8 heteroatoms. The molecule has 0 heterocycles. The Kier molecular flexibility index (Phi) is 4.85. The summed E-state index contributed by atoms with van der Waals surface area (Å²) in [6.07, 6.45) is -0.834. The maximum absolute atomic E-state index is 12.0. The second kappa shape index (κ2) is 6.02.